The zero-order chi connectivity index (χ0) is 41.4. The molecule has 2 saturated carbocycles. The zero-order valence-electron chi connectivity index (χ0n) is 33.6. The molecule has 3 aliphatic carbocycles. The van der Waals surface area contributed by atoms with Gasteiger partial charge in [-0.1, -0.05) is 73.6 Å². The van der Waals surface area contributed by atoms with Gasteiger partial charge in [0.2, 0.25) is 5.91 Å². The Kier molecular flexibility index (Phi) is 10.8. The van der Waals surface area contributed by atoms with Crippen molar-refractivity contribution in [3.8, 4) is 0 Å². The standard InChI is InChI=1S/C41H57NO13/c1-20-23(53-34(49)28(46)30(36(3,4)5)42-35(50)37(6,7)8)18-41(51)32(54-33(48)22-15-13-12-14-16-22)29-39(11,31(47)27(45)26(20)38(41,9)10)24(44)17-25-40(29,19-52-25)55-21(2)43/h12-16,23-25,27-30,32,44-46,51H,17-19H2,1-11H3,(H,42,50)/t23-,24-,25+,27+,28+,29-,30+,32-,39+,40-,41+/m0/s1. The molecule has 0 unspecified atom stereocenters. The second-order valence-electron chi connectivity index (χ2n) is 18.6. The van der Waals surface area contributed by atoms with E-state index in [1.54, 1.807) is 73.6 Å². The summed E-state index contributed by atoms with van der Waals surface area (Å²) in [7, 11) is 0. The first kappa shape index (κ1) is 42.5. The topological polar surface area (TPSA) is 215 Å². The minimum Gasteiger partial charge on any atom is -0.456 e. The van der Waals surface area contributed by atoms with E-state index in [-0.39, 0.29) is 29.7 Å². The van der Waals surface area contributed by atoms with Gasteiger partial charge in [-0.2, -0.15) is 0 Å². The van der Waals surface area contributed by atoms with Crippen LogP contribution in [0.1, 0.15) is 99.4 Å². The molecule has 1 aromatic rings. The molecule has 1 amide bonds. The molecular weight excluding hydrogens is 714 g/mol. The first-order valence-electron chi connectivity index (χ1n) is 18.8. The number of aliphatic hydroxyl groups is 4. The van der Waals surface area contributed by atoms with Gasteiger partial charge in [0.1, 0.15) is 30.0 Å². The molecule has 0 aromatic heterocycles. The van der Waals surface area contributed by atoms with Gasteiger partial charge in [-0.3, -0.25) is 14.4 Å². The maximum atomic E-state index is 14.9. The van der Waals surface area contributed by atoms with E-state index in [4.69, 9.17) is 18.9 Å². The molecule has 1 heterocycles. The van der Waals surface area contributed by atoms with Gasteiger partial charge in [0, 0.05) is 30.6 Å². The van der Waals surface area contributed by atoms with Gasteiger partial charge in [0.25, 0.3) is 0 Å². The van der Waals surface area contributed by atoms with Crippen LogP contribution in [0.4, 0.5) is 0 Å². The summed E-state index contributed by atoms with van der Waals surface area (Å²) in [5.74, 6) is -5.62. The molecule has 0 radical (unpaired) electrons. The second kappa shape index (κ2) is 14.0. The number of ketones is 1. The predicted octanol–water partition coefficient (Wildman–Crippen LogP) is 2.57. The van der Waals surface area contributed by atoms with E-state index in [9.17, 15) is 44.4 Å². The lowest BCUT2D eigenvalue weighted by Gasteiger charge is -2.67. The number of benzene rings is 1. The molecule has 1 aromatic carbocycles. The lowest BCUT2D eigenvalue weighted by Crippen LogP contribution is -2.81. The number of fused-ring (bicyclic) bond motifs is 5. The summed E-state index contributed by atoms with van der Waals surface area (Å²) in [5, 5.41) is 51.6. The number of carbonyl (C=O) groups excluding carboxylic acids is 5. The Morgan fingerprint density at radius 2 is 1.58 bits per heavy atom. The van der Waals surface area contributed by atoms with Crippen molar-refractivity contribution in [2.75, 3.05) is 6.61 Å². The molecular formula is C41H57NO13. The fourth-order valence-electron chi connectivity index (χ4n) is 9.25. The van der Waals surface area contributed by atoms with Crippen LogP contribution in [0.3, 0.4) is 0 Å². The van der Waals surface area contributed by atoms with E-state index < -0.39 is 117 Å². The summed E-state index contributed by atoms with van der Waals surface area (Å²) in [4.78, 5) is 68.8. The van der Waals surface area contributed by atoms with E-state index in [2.05, 4.69) is 5.32 Å². The van der Waals surface area contributed by atoms with Crippen LogP contribution in [0.25, 0.3) is 0 Å². The smallest absolute Gasteiger partial charge is 0.338 e. The molecule has 14 nitrogen and oxygen atoms in total. The minimum absolute atomic E-state index is 0.0342. The highest BCUT2D eigenvalue weighted by molar-refractivity contribution is 5.94. The maximum absolute atomic E-state index is 14.9. The Balaban J connectivity index is 1.70. The van der Waals surface area contributed by atoms with Crippen molar-refractivity contribution >= 4 is 29.6 Å². The van der Waals surface area contributed by atoms with Crippen LogP contribution in [-0.2, 0) is 38.1 Å². The number of esters is 3. The van der Waals surface area contributed by atoms with E-state index in [1.165, 1.54) is 26.0 Å². The quantitative estimate of drug-likeness (QED) is 0.153. The summed E-state index contributed by atoms with van der Waals surface area (Å²) >= 11 is 0. The molecule has 1 aliphatic heterocycles. The summed E-state index contributed by atoms with van der Waals surface area (Å²) in [6.07, 6.45) is -10.2. The van der Waals surface area contributed by atoms with Crippen LogP contribution in [0.5, 0.6) is 0 Å². The molecule has 0 spiro atoms. The first-order valence-corrected chi connectivity index (χ1v) is 18.8. The van der Waals surface area contributed by atoms with Crippen LogP contribution < -0.4 is 5.32 Å². The monoisotopic (exact) mass is 771 g/mol. The van der Waals surface area contributed by atoms with Crippen LogP contribution >= 0.6 is 0 Å². The molecule has 3 fully saturated rings. The Bertz CT molecular complexity index is 1760. The Morgan fingerprint density at radius 3 is 2.09 bits per heavy atom. The lowest BCUT2D eigenvalue weighted by molar-refractivity contribution is -0.346. The largest absolute Gasteiger partial charge is 0.456 e. The van der Waals surface area contributed by atoms with Crippen LogP contribution in [0, 0.1) is 27.6 Å². The van der Waals surface area contributed by atoms with Crippen molar-refractivity contribution in [2.45, 2.75) is 143 Å². The van der Waals surface area contributed by atoms with Crippen molar-refractivity contribution in [3.63, 3.8) is 0 Å². The molecule has 5 N–H and O–H groups in total. The third-order valence-electron chi connectivity index (χ3n) is 12.6. The van der Waals surface area contributed by atoms with Crippen molar-refractivity contribution < 1.29 is 63.3 Å². The predicted molar refractivity (Wildman–Crippen MR) is 196 cm³/mol. The highest BCUT2D eigenvalue weighted by Crippen LogP contribution is 2.64. The van der Waals surface area contributed by atoms with E-state index in [0.29, 0.717) is 0 Å². The third kappa shape index (κ3) is 6.81. The number of amides is 1. The van der Waals surface area contributed by atoms with E-state index >= 15 is 0 Å². The number of carbonyl (C=O) groups is 5. The van der Waals surface area contributed by atoms with E-state index in [1.807, 2.05) is 0 Å². The molecule has 2 bridgehead atoms. The number of ether oxygens (including phenoxy) is 4. The van der Waals surface area contributed by atoms with Gasteiger partial charge in [-0.25, -0.2) is 9.59 Å². The maximum Gasteiger partial charge on any atom is 0.338 e. The minimum atomic E-state index is -2.32. The lowest BCUT2D eigenvalue weighted by atomic mass is 9.44. The summed E-state index contributed by atoms with van der Waals surface area (Å²) in [5.41, 5.74) is -9.06. The number of hydrogen-bond acceptors (Lipinski definition) is 13. The third-order valence-corrected chi connectivity index (χ3v) is 12.6. The number of nitrogens with one attached hydrogen (secondary N) is 1. The number of hydrogen-bond donors (Lipinski definition) is 5. The van der Waals surface area contributed by atoms with Gasteiger partial charge in [-0.05, 0) is 42.5 Å². The van der Waals surface area contributed by atoms with Gasteiger partial charge in [-0.15, -0.1) is 0 Å². The average Bonchev–Trinajstić information content (AvgIpc) is 3.07. The summed E-state index contributed by atoms with van der Waals surface area (Å²) in [6, 6.07) is 6.78. The number of Topliss-reactive ketones (excluding diaryl/α,β-unsaturated/α-hetero) is 1. The zero-order valence-corrected chi connectivity index (χ0v) is 33.6. The average molecular weight is 772 g/mol. The number of rotatable bonds is 7. The van der Waals surface area contributed by atoms with Crippen molar-refractivity contribution in [2.24, 2.45) is 27.6 Å². The summed E-state index contributed by atoms with van der Waals surface area (Å²) < 4.78 is 24.1. The van der Waals surface area contributed by atoms with Gasteiger partial charge in [0.15, 0.2) is 17.5 Å². The molecule has 55 heavy (non-hydrogen) atoms. The molecule has 5 rings (SSSR count). The fraction of sp³-hybridized carbons (Fsp3) is 0.683. The van der Waals surface area contributed by atoms with Crippen LogP contribution in [-0.4, -0.2) is 110 Å². The SMILES string of the molecule is CC(=O)O[C@@]12CO[C@@H]1C[C@H](O)[C@@]1(C)C(=O)[C@H](O)C3=C(C)[C@@H](OC(=O)[C@H](O)[C@@H](NC(=O)C(C)(C)C)C(C)(C)C)C[C@@](O)([C@@H](OC(=O)c4ccccc4)[C@H]21)C3(C)C. The van der Waals surface area contributed by atoms with E-state index in [0.717, 1.165) is 6.92 Å². The Hall–Kier alpha value is -3.69. The van der Waals surface area contributed by atoms with Gasteiger partial charge in [0.05, 0.1) is 35.6 Å². The Labute approximate surface area is 321 Å². The normalized spacial score (nSPS) is 35.4. The van der Waals surface area contributed by atoms with Crippen molar-refractivity contribution in [1.29, 1.82) is 0 Å². The Morgan fingerprint density at radius 1 is 0.982 bits per heavy atom. The molecule has 4 aliphatic rings. The van der Waals surface area contributed by atoms with Crippen molar-refractivity contribution in [1.82, 2.24) is 5.32 Å². The van der Waals surface area contributed by atoms with Gasteiger partial charge >= 0.3 is 17.9 Å². The fourth-order valence-corrected chi connectivity index (χ4v) is 9.25. The summed E-state index contributed by atoms with van der Waals surface area (Å²) in [6.45, 7) is 17.2. The molecule has 14 heteroatoms. The first-order chi connectivity index (χ1) is 25.2. The number of aliphatic hydroxyl groups excluding tert-OH is 3. The van der Waals surface area contributed by atoms with Crippen molar-refractivity contribution in [3.05, 3.63) is 47.0 Å². The molecule has 304 valence electrons. The van der Waals surface area contributed by atoms with Crippen LogP contribution in [0.2, 0.25) is 0 Å². The van der Waals surface area contributed by atoms with Gasteiger partial charge < -0.3 is 44.7 Å². The molecule has 1 saturated heterocycles. The van der Waals surface area contributed by atoms with Crippen LogP contribution in [0.15, 0.2) is 41.5 Å². The molecule has 11 atom stereocenters. The highest BCUT2D eigenvalue weighted by atomic mass is 16.6. The highest BCUT2D eigenvalue weighted by Gasteiger charge is 2.78. The second-order valence-corrected chi connectivity index (χ2v) is 18.6.